The number of ether oxygens (including phenoxy) is 4. The number of hydrogen-bond acceptors (Lipinski definition) is 6. The smallest absolute Gasteiger partial charge is 0.343 e. The summed E-state index contributed by atoms with van der Waals surface area (Å²) in [7, 11) is 0. The highest BCUT2D eigenvalue weighted by Gasteiger charge is 2.16. The Morgan fingerprint density at radius 3 is 1.51 bits per heavy atom. The number of carbonyl (C=O) groups excluding carboxylic acids is 2. The first-order valence-electron chi connectivity index (χ1n) is 18.0. The van der Waals surface area contributed by atoms with E-state index in [0.717, 1.165) is 30.6 Å². The third-order valence-electron chi connectivity index (χ3n) is 8.36. The highest BCUT2D eigenvalue weighted by atomic mass is 16.5. The summed E-state index contributed by atoms with van der Waals surface area (Å²) >= 11 is 0. The maximum absolute atomic E-state index is 12.9. The molecule has 6 nitrogen and oxygen atoms in total. The topological polar surface area (TPSA) is 71.1 Å². The van der Waals surface area contributed by atoms with E-state index in [1.54, 1.807) is 48.5 Å². The van der Waals surface area contributed by atoms with Crippen molar-refractivity contribution >= 4 is 11.9 Å². The normalized spacial score (nSPS) is 10.9. The van der Waals surface area contributed by atoms with Crippen LogP contribution >= 0.6 is 0 Å². The molecule has 3 aromatic rings. The van der Waals surface area contributed by atoms with Gasteiger partial charge in [-0.1, -0.05) is 110 Å². The molecule has 3 rings (SSSR count). The monoisotopic (exact) mass is 644 g/mol. The Morgan fingerprint density at radius 2 is 0.936 bits per heavy atom. The minimum Gasteiger partial charge on any atom is -0.494 e. The van der Waals surface area contributed by atoms with Crippen LogP contribution in [-0.2, 0) is 0 Å². The molecule has 0 aliphatic heterocycles. The molecule has 0 atom stereocenters. The Balaban J connectivity index is 1.34. The van der Waals surface area contributed by atoms with Gasteiger partial charge in [-0.05, 0) is 80.4 Å². The van der Waals surface area contributed by atoms with Gasteiger partial charge in [-0.15, -0.1) is 0 Å². The van der Waals surface area contributed by atoms with Crippen LogP contribution in [0.2, 0.25) is 0 Å². The average molecular weight is 645 g/mol. The van der Waals surface area contributed by atoms with Crippen molar-refractivity contribution in [3.05, 3.63) is 83.4 Å². The molecule has 0 heterocycles. The summed E-state index contributed by atoms with van der Waals surface area (Å²) < 4.78 is 22.9. The lowest BCUT2D eigenvalue weighted by Crippen LogP contribution is -2.12. The maximum Gasteiger partial charge on any atom is 0.343 e. The Kier molecular flexibility index (Phi) is 18.2. The van der Waals surface area contributed by atoms with E-state index >= 15 is 0 Å². The molecule has 3 aromatic carbocycles. The highest BCUT2D eigenvalue weighted by molar-refractivity contribution is 5.94. The summed E-state index contributed by atoms with van der Waals surface area (Å²) in [5, 5.41) is 0. The summed E-state index contributed by atoms with van der Waals surface area (Å²) in [6.45, 7) is 7.60. The van der Waals surface area contributed by atoms with Gasteiger partial charge in [-0.25, -0.2) is 9.59 Å². The minimum atomic E-state index is -0.493. The fraction of sp³-hybridized carbons (Fsp3) is 0.512. The molecule has 0 fully saturated rings. The summed E-state index contributed by atoms with van der Waals surface area (Å²) in [5.74, 6) is 1.26. The van der Waals surface area contributed by atoms with Crippen molar-refractivity contribution in [2.24, 2.45) is 0 Å². The lowest BCUT2D eigenvalue weighted by atomic mass is 10.1. The number of unbranched alkanes of at least 4 members (excludes halogenated alkanes) is 14. The molecule has 0 saturated heterocycles. The molecular weight excluding hydrogens is 588 g/mol. The van der Waals surface area contributed by atoms with Gasteiger partial charge in [0.05, 0.1) is 24.3 Å². The number of rotatable bonds is 24. The van der Waals surface area contributed by atoms with Gasteiger partial charge >= 0.3 is 11.9 Å². The minimum absolute atomic E-state index is 0.339. The summed E-state index contributed by atoms with van der Waals surface area (Å²) in [6, 6.07) is 18.8. The van der Waals surface area contributed by atoms with E-state index in [1.807, 2.05) is 25.1 Å². The lowest BCUT2D eigenvalue weighted by molar-refractivity contribution is 0.0729. The lowest BCUT2D eigenvalue weighted by Gasteiger charge is -2.12. The Bertz CT molecular complexity index is 1300. The molecule has 0 aliphatic rings. The fourth-order valence-corrected chi connectivity index (χ4v) is 5.43. The Morgan fingerprint density at radius 1 is 0.489 bits per heavy atom. The predicted octanol–water partition coefficient (Wildman–Crippen LogP) is 11.5. The van der Waals surface area contributed by atoms with Gasteiger partial charge in [-0.3, -0.25) is 0 Å². The Hall–Kier alpha value is -3.80. The van der Waals surface area contributed by atoms with Crippen molar-refractivity contribution < 1.29 is 28.5 Å². The van der Waals surface area contributed by atoms with Crippen LogP contribution in [0.25, 0.3) is 0 Å². The summed E-state index contributed by atoms with van der Waals surface area (Å²) in [5.41, 5.74) is 1.54. The number of benzene rings is 3. The van der Waals surface area contributed by atoms with Gasteiger partial charge in [0, 0.05) is 5.56 Å². The van der Waals surface area contributed by atoms with Crippen LogP contribution in [0, 0.1) is 6.92 Å². The van der Waals surface area contributed by atoms with Crippen LogP contribution in [0.15, 0.2) is 66.7 Å². The molecule has 0 amide bonds. The van der Waals surface area contributed by atoms with Crippen molar-refractivity contribution in [3.63, 3.8) is 0 Å². The molecule has 0 N–H and O–H groups in total. The molecule has 0 aliphatic carbocycles. The van der Waals surface area contributed by atoms with Crippen molar-refractivity contribution in [1.82, 2.24) is 0 Å². The van der Waals surface area contributed by atoms with E-state index in [2.05, 4.69) is 13.8 Å². The maximum atomic E-state index is 12.9. The third-order valence-corrected chi connectivity index (χ3v) is 8.36. The van der Waals surface area contributed by atoms with Crippen LogP contribution < -0.4 is 18.9 Å². The van der Waals surface area contributed by atoms with E-state index in [4.69, 9.17) is 18.9 Å². The molecule has 0 spiro atoms. The van der Waals surface area contributed by atoms with Crippen LogP contribution in [0.4, 0.5) is 0 Å². The van der Waals surface area contributed by atoms with E-state index in [-0.39, 0.29) is 0 Å². The standard InChI is InChI=1S/C41H56O6/c1-4-6-8-10-11-12-13-14-15-16-17-19-31-44-35-27-29-37(30-28-35)46-40(42)34-23-25-36(26-24-34)47-41(43)38-21-20-22-39(33(38)3)45-32-18-9-7-5-2/h20-30H,4-19,31-32H2,1-3H3. The van der Waals surface area contributed by atoms with E-state index < -0.39 is 11.9 Å². The van der Waals surface area contributed by atoms with Crippen molar-refractivity contribution in [2.45, 2.75) is 124 Å². The second-order valence-corrected chi connectivity index (χ2v) is 12.4. The SMILES string of the molecule is CCCCCCCCCCCCCCOc1ccc(OC(=O)c2ccc(OC(=O)c3cccc(OCCCCCC)c3C)cc2)cc1. The number of esters is 2. The van der Waals surface area contributed by atoms with Crippen molar-refractivity contribution in [2.75, 3.05) is 13.2 Å². The van der Waals surface area contributed by atoms with Crippen molar-refractivity contribution in [3.8, 4) is 23.0 Å². The average Bonchev–Trinajstić information content (AvgIpc) is 3.08. The van der Waals surface area contributed by atoms with Gasteiger partial charge in [-0.2, -0.15) is 0 Å². The zero-order valence-electron chi connectivity index (χ0n) is 29.0. The first-order valence-corrected chi connectivity index (χ1v) is 18.0. The van der Waals surface area contributed by atoms with Gasteiger partial charge in [0.25, 0.3) is 0 Å². The van der Waals surface area contributed by atoms with Gasteiger partial charge in [0.2, 0.25) is 0 Å². The van der Waals surface area contributed by atoms with Crippen LogP contribution in [0.1, 0.15) is 143 Å². The van der Waals surface area contributed by atoms with E-state index in [0.29, 0.717) is 41.6 Å². The zero-order valence-corrected chi connectivity index (χ0v) is 29.0. The highest BCUT2D eigenvalue weighted by Crippen LogP contribution is 2.25. The predicted molar refractivity (Wildman–Crippen MR) is 190 cm³/mol. The molecular formula is C41H56O6. The molecule has 0 bridgehead atoms. The third kappa shape index (κ3) is 14.7. The summed E-state index contributed by atoms with van der Waals surface area (Å²) in [6.07, 6.45) is 20.2. The second kappa shape index (κ2) is 22.7. The van der Waals surface area contributed by atoms with E-state index in [1.165, 1.54) is 83.5 Å². The molecule has 256 valence electrons. The Labute approximate surface area is 283 Å². The molecule has 0 unspecified atom stereocenters. The molecule has 0 radical (unpaired) electrons. The van der Waals surface area contributed by atoms with Crippen LogP contribution in [0.5, 0.6) is 23.0 Å². The summed E-state index contributed by atoms with van der Waals surface area (Å²) in [4.78, 5) is 25.6. The van der Waals surface area contributed by atoms with Crippen LogP contribution in [-0.4, -0.2) is 25.2 Å². The van der Waals surface area contributed by atoms with Crippen LogP contribution in [0.3, 0.4) is 0 Å². The number of carbonyl (C=O) groups is 2. The van der Waals surface area contributed by atoms with Gasteiger partial charge in [0.15, 0.2) is 0 Å². The fourth-order valence-electron chi connectivity index (χ4n) is 5.43. The quantitative estimate of drug-likeness (QED) is 0.0549. The first-order chi connectivity index (χ1) is 23.0. The van der Waals surface area contributed by atoms with Crippen molar-refractivity contribution in [1.29, 1.82) is 0 Å². The zero-order chi connectivity index (χ0) is 33.5. The van der Waals surface area contributed by atoms with Gasteiger partial charge in [0.1, 0.15) is 23.0 Å². The van der Waals surface area contributed by atoms with Gasteiger partial charge < -0.3 is 18.9 Å². The molecule has 0 saturated carbocycles. The molecule has 47 heavy (non-hydrogen) atoms. The largest absolute Gasteiger partial charge is 0.494 e. The molecule has 6 heteroatoms. The van der Waals surface area contributed by atoms with E-state index in [9.17, 15) is 9.59 Å². The number of hydrogen-bond donors (Lipinski definition) is 0. The first kappa shape index (κ1) is 37.7. The second-order valence-electron chi connectivity index (χ2n) is 12.4. The molecule has 0 aromatic heterocycles.